The number of hydrogen-bond acceptors (Lipinski definition) is 4. The molecule has 0 aliphatic rings. The average molecular weight is 249 g/mol. The lowest BCUT2D eigenvalue weighted by atomic mass is 10.3. The molecule has 16 heavy (non-hydrogen) atoms. The van der Waals surface area contributed by atoms with E-state index in [1.807, 2.05) is 0 Å². The van der Waals surface area contributed by atoms with Gasteiger partial charge in [0.15, 0.2) is 0 Å². The zero-order chi connectivity index (χ0) is 12.9. The Labute approximate surface area is 96.3 Å². The van der Waals surface area contributed by atoms with Crippen LogP contribution in [-0.2, 0) is 18.8 Å². The Balaban J connectivity index is 4.43. The normalized spacial score (nSPS) is 17.2. The van der Waals surface area contributed by atoms with E-state index in [-0.39, 0.29) is 5.57 Å². The van der Waals surface area contributed by atoms with Crippen molar-refractivity contribution in [2.45, 2.75) is 45.7 Å². The van der Waals surface area contributed by atoms with Gasteiger partial charge in [-0.25, -0.2) is 4.79 Å². The quantitative estimate of drug-likeness (QED) is 0.338. The SMILES string of the molecule is C=C(C)C(=O)OC(C)OC(C)(CC)[P+](=O)O. The molecule has 5 nitrogen and oxygen atoms in total. The molecule has 3 unspecified atom stereocenters. The molecule has 0 aromatic rings. The molecule has 0 saturated heterocycles. The fourth-order valence-electron chi connectivity index (χ4n) is 0.897. The highest BCUT2D eigenvalue weighted by atomic mass is 31.1. The molecule has 0 rings (SSSR count). The van der Waals surface area contributed by atoms with Gasteiger partial charge in [-0.2, -0.15) is 4.89 Å². The summed E-state index contributed by atoms with van der Waals surface area (Å²) in [5.41, 5.74) is 0.252. The van der Waals surface area contributed by atoms with Crippen LogP contribution in [0.1, 0.15) is 34.1 Å². The lowest BCUT2D eigenvalue weighted by Crippen LogP contribution is -2.31. The maximum absolute atomic E-state index is 11.2. The minimum Gasteiger partial charge on any atom is -0.433 e. The van der Waals surface area contributed by atoms with Crippen molar-refractivity contribution < 1.29 is 23.7 Å². The molecule has 0 amide bonds. The Bertz CT molecular complexity index is 302. The molecule has 0 fully saturated rings. The Morgan fingerprint density at radius 3 is 2.44 bits per heavy atom. The molecule has 0 radical (unpaired) electrons. The minimum atomic E-state index is -2.50. The van der Waals surface area contributed by atoms with E-state index in [0.717, 1.165) is 0 Å². The monoisotopic (exact) mass is 249 g/mol. The molecule has 1 N–H and O–H groups in total. The van der Waals surface area contributed by atoms with Crippen molar-refractivity contribution >= 4 is 14.0 Å². The van der Waals surface area contributed by atoms with E-state index in [0.29, 0.717) is 6.42 Å². The summed E-state index contributed by atoms with van der Waals surface area (Å²) < 4.78 is 21.2. The van der Waals surface area contributed by atoms with E-state index in [1.54, 1.807) is 6.92 Å². The Hall–Kier alpha value is -0.770. The number of carbonyl (C=O) groups is 1. The van der Waals surface area contributed by atoms with Gasteiger partial charge in [-0.15, -0.1) is 0 Å². The van der Waals surface area contributed by atoms with Crippen LogP contribution in [0.3, 0.4) is 0 Å². The van der Waals surface area contributed by atoms with E-state index < -0.39 is 25.6 Å². The van der Waals surface area contributed by atoms with Crippen LogP contribution in [0.2, 0.25) is 0 Å². The van der Waals surface area contributed by atoms with Gasteiger partial charge in [-0.05, 0) is 18.4 Å². The first-order valence-electron chi connectivity index (χ1n) is 4.93. The number of ether oxygens (including phenoxy) is 2. The van der Waals surface area contributed by atoms with E-state index >= 15 is 0 Å². The lowest BCUT2D eigenvalue weighted by molar-refractivity contribution is -0.186. The summed E-state index contributed by atoms with van der Waals surface area (Å²) in [6.07, 6.45) is -0.548. The molecular formula is C10H18O5P+. The van der Waals surface area contributed by atoms with Crippen molar-refractivity contribution in [3.8, 4) is 0 Å². The second-order valence-electron chi connectivity index (χ2n) is 3.67. The van der Waals surface area contributed by atoms with Crippen LogP contribution in [0.25, 0.3) is 0 Å². The van der Waals surface area contributed by atoms with Crippen LogP contribution >= 0.6 is 8.03 Å². The molecule has 92 valence electrons. The molecule has 3 atom stereocenters. The maximum Gasteiger partial charge on any atom is 0.540 e. The summed E-state index contributed by atoms with van der Waals surface area (Å²) in [7, 11) is -2.50. The van der Waals surface area contributed by atoms with Gasteiger partial charge in [-0.1, -0.05) is 13.5 Å². The molecule has 0 bridgehead atoms. The second kappa shape index (κ2) is 6.09. The van der Waals surface area contributed by atoms with E-state index in [9.17, 15) is 9.36 Å². The lowest BCUT2D eigenvalue weighted by Gasteiger charge is -2.21. The first kappa shape index (κ1) is 15.2. The summed E-state index contributed by atoms with van der Waals surface area (Å²) >= 11 is 0. The molecule has 6 heteroatoms. The number of esters is 1. The van der Waals surface area contributed by atoms with Crippen LogP contribution in [0.15, 0.2) is 12.2 Å². The highest BCUT2D eigenvalue weighted by molar-refractivity contribution is 7.39. The molecule has 0 heterocycles. The van der Waals surface area contributed by atoms with Gasteiger partial charge in [-0.3, -0.25) is 4.74 Å². The van der Waals surface area contributed by atoms with Crippen molar-refractivity contribution in [1.29, 1.82) is 0 Å². The Morgan fingerprint density at radius 2 is 2.12 bits per heavy atom. The van der Waals surface area contributed by atoms with Gasteiger partial charge >= 0.3 is 14.0 Å². The fraction of sp³-hybridized carbons (Fsp3) is 0.700. The molecule has 0 aromatic heterocycles. The zero-order valence-electron chi connectivity index (χ0n) is 10.0. The Kier molecular flexibility index (Phi) is 5.79. The maximum atomic E-state index is 11.2. The molecular weight excluding hydrogens is 231 g/mol. The topological polar surface area (TPSA) is 72.8 Å². The van der Waals surface area contributed by atoms with E-state index in [2.05, 4.69) is 6.58 Å². The predicted octanol–water partition coefficient (Wildman–Crippen LogP) is 2.33. The van der Waals surface area contributed by atoms with Crippen molar-refractivity contribution in [1.82, 2.24) is 0 Å². The van der Waals surface area contributed by atoms with Crippen molar-refractivity contribution in [2.75, 3.05) is 0 Å². The van der Waals surface area contributed by atoms with Crippen LogP contribution in [-0.4, -0.2) is 22.5 Å². The third-order valence-electron chi connectivity index (χ3n) is 2.10. The van der Waals surface area contributed by atoms with Gasteiger partial charge in [0, 0.05) is 18.9 Å². The van der Waals surface area contributed by atoms with Gasteiger partial charge in [0.05, 0.1) is 0 Å². The highest BCUT2D eigenvalue weighted by Crippen LogP contribution is 2.39. The summed E-state index contributed by atoms with van der Waals surface area (Å²) in [4.78, 5) is 20.2. The van der Waals surface area contributed by atoms with Crippen molar-refractivity contribution in [3.05, 3.63) is 12.2 Å². The smallest absolute Gasteiger partial charge is 0.433 e. The van der Waals surface area contributed by atoms with E-state index in [1.165, 1.54) is 20.8 Å². The number of carbonyl (C=O) groups excluding carboxylic acids is 1. The zero-order valence-corrected chi connectivity index (χ0v) is 10.9. The number of hydrogen-bond donors (Lipinski definition) is 1. The first-order valence-corrected chi connectivity index (χ1v) is 6.14. The molecule has 0 aliphatic heterocycles. The fourth-order valence-corrected chi connectivity index (χ4v) is 1.41. The van der Waals surface area contributed by atoms with Crippen LogP contribution < -0.4 is 0 Å². The summed E-state index contributed by atoms with van der Waals surface area (Å²) in [6, 6.07) is 0. The molecule has 0 aliphatic carbocycles. The molecule has 0 saturated carbocycles. The molecule has 0 spiro atoms. The predicted molar refractivity (Wildman–Crippen MR) is 60.0 cm³/mol. The van der Waals surface area contributed by atoms with E-state index in [4.69, 9.17) is 14.4 Å². The van der Waals surface area contributed by atoms with Crippen LogP contribution in [0, 0.1) is 0 Å². The van der Waals surface area contributed by atoms with Crippen molar-refractivity contribution in [2.24, 2.45) is 0 Å². The van der Waals surface area contributed by atoms with Crippen molar-refractivity contribution in [3.63, 3.8) is 0 Å². The van der Waals surface area contributed by atoms with Gasteiger partial charge in [0.2, 0.25) is 6.29 Å². The number of rotatable bonds is 6. The second-order valence-corrected chi connectivity index (χ2v) is 5.16. The third-order valence-corrected chi connectivity index (χ3v) is 3.33. The Morgan fingerprint density at radius 1 is 1.62 bits per heavy atom. The van der Waals surface area contributed by atoms with Gasteiger partial charge < -0.3 is 4.74 Å². The summed E-state index contributed by atoms with van der Waals surface area (Å²) in [5, 5.41) is -1.20. The molecule has 0 aromatic carbocycles. The first-order chi connectivity index (χ1) is 7.23. The van der Waals surface area contributed by atoms with Crippen LogP contribution in [0.4, 0.5) is 0 Å². The third kappa shape index (κ3) is 4.39. The van der Waals surface area contributed by atoms with Gasteiger partial charge in [0.1, 0.15) is 0 Å². The summed E-state index contributed by atoms with van der Waals surface area (Å²) in [6.45, 7) is 9.65. The summed E-state index contributed by atoms with van der Waals surface area (Å²) in [5.74, 6) is -0.584. The van der Waals surface area contributed by atoms with Crippen LogP contribution in [0.5, 0.6) is 0 Å². The highest BCUT2D eigenvalue weighted by Gasteiger charge is 2.46. The average Bonchev–Trinajstić information content (AvgIpc) is 2.16. The minimum absolute atomic E-state index is 0.252. The standard InChI is InChI=1S/C10H17O5P/c1-6-10(5,16(12)13)15-8(4)14-9(11)7(2)3/h8H,2,6H2,1,3-5H3/p+1. The van der Waals surface area contributed by atoms with Gasteiger partial charge in [0.25, 0.3) is 5.34 Å². The largest absolute Gasteiger partial charge is 0.540 e.